The van der Waals surface area contributed by atoms with Crippen LogP contribution in [0.5, 0.6) is 0 Å². The van der Waals surface area contributed by atoms with E-state index in [-0.39, 0.29) is 0 Å². The van der Waals surface area contributed by atoms with Crippen molar-refractivity contribution >= 4 is 8.32 Å². The first-order valence-corrected chi connectivity index (χ1v) is 8.79. The van der Waals surface area contributed by atoms with E-state index in [4.69, 9.17) is 4.43 Å². The molecule has 1 fully saturated rings. The lowest BCUT2D eigenvalue weighted by molar-refractivity contribution is 0.328. The van der Waals surface area contributed by atoms with E-state index in [1.807, 2.05) is 6.08 Å². The molecule has 1 rings (SSSR count). The van der Waals surface area contributed by atoms with Gasteiger partial charge in [-0.15, -0.1) is 5.73 Å². The lowest BCUT2D eigenvalue weighted by Gasteiger charge is -2.35. The zero-order valence-corrected chi connectivity index (χ0v) is 11.8. The van der Waals surface area contributed by atoms with E-state index in [1.54, 1.807) is 0 Å². The van der Waals surface area contributed by atoms with Crippen molar-refractivity contribution < 1.29 is 4.43 Å². The Kier molecular flexibility index (Phi) is 3.99. The van der Waals surface area contributed by atoms with Gasteiger partial charge in [0.2, 0.25) is 0 Å². The van der Waals surface area contributed by atoms with Crippen LogP contribution in [0, 0.1) is 5.92 Å². The SMILES string of the molecule is CC(C)(C)[Si](C)(C)OCC=C=CC1CC1. The minimum absolute atomic E-state index is 0.307. The lowest BCUT2D eigenvalue weighted by Crippen LogP contribution is -2.40. The van der Waals surface area contributed by atoms with Crippen LogP contribution in [-0.4, -0.2) is 14.9 Å². The quantitative estimate of drug-likeness (QED) is 0.515. The maximum Gasteiger partial charge on any atom is 0.192 e. The predicted octanol–water partition coefficient (Wildman–Crippen LogP) is 4.13. The van der Waals surface area contributed by atoms with Crippen LogP contribution in [0.2, 0.25) is 18.1 Å². The Bertz CT molecular complexity index is 263. The van der Waals surface area contributed by atoms with Gasteiger partial charge in [-0.25, -0.2) is 0 Å². The summed E-state index contributed by atoms with van der Waals surface area (Å²) in [5.74, 6) is 0.814. The van der Waals surface area contributed by atoms with Gasteiger partial charge in [0.15, 0.2) is 8.32 Å². The first-order valence-electron chi connectivity index (χ1n) is 5.88. The summed E-state index contributed by atoms with van der Waals surface area (Å²) in [6.45, 7) is 12.1. The molecule has 0 heterocycles. The van der Waals surface area contributed by atoms with Crippen LogP contribution in [0.1, 0.15) is 33.6 Å². The molecule has 0 saturated heterocycles. The third kappa shape index (κ3) is 4.37. The lowest BCUT2D eigenvalue weighted by atomic mass is 10.2. The Balaban J connectivity index is 2.32. The van der Waals surface area contributed by atoms with E-state index in [0.717, 1.165) is 12.5 Å². The Morgan fingerprint density at radius 2 is 1.93 bits per heavy atom. The highest BCUT2D eigenvalue weighted by atomic mass is 28.4. The molecule has 0 aromatic heterocycles. The van der Waals surface area contributed by atoms with Crippen LogP contribution in [-0.2, 0) is 4.43 Å². The van der Waals surface area contributed by atoms with E-state index in [1.165, 1.54) is 12.8 Å². The van der Waals surface area contributed by atoms with E-state index >= 15 is 0 Å². The fraction of sp³-hybridized carbons (Fsp3) is 0.769. The van der Waals surface area contributed by atoms with E-state index < -0.39 is 8.32 Å². The first-order chi connectivity index (χ1) is 6.83. The highest BCUT2D eigenvalue weighted by Gasteiger charge is 2.36. The highest BCUT2D eigenvalue weighted by molar-refractivity contribution is 6.74. The highest BCUT2D eigenvalue weighted by Crippen LogP contribution is 2.36. The van der Waals surface area contributed by atoms with Crippen LogP contribution >= 0.6 is 0 Å². The summed E-state index contributed by atoms with van der Waals surface area (Å²) in [5, 5.41) is 0.307. The van der Waals surface area contributed by atoms with Crippen molar-refractivity contribution in [1.29, 1.82) is 0 Å². The third-order valence-corrected chi connectivity index (χ3v) is 7.91. The Morgan fingerprint density at radius 1 is 1.33 bits per heavy atom. The normalized spacial score (nSPS) is 17.1. The molecule has 0 aromatic carbocycles. The zero-order valence-electron chi connectivity index (χ0n) is 10.8. The van der Waals surface area contributed by atoms with Crippen LogP contribution < -0.4 is 0 Å². The molecule has 0 amide bonds. The molecule has 0 aliphatic heterocycles. The van der Waals surface area contributed by atoms with Gasteiger partial charge < -0.3 is 4.43 Å². The second kappa shape index (κ2) is 4.69. The van der Waals surface area contributed by atoms with Crippen molar-refractivity contribution in [2.75, 3.05) is 6.61 Å². The fourth-order valence-electron chi connectivity index (χ4n) is 0.982. The van der Waals surface area contributed by atoms with Gasteiger partial charge in [0.1, 0.15) is 0 Å². The number of hydrogen-bond acceptors (Lipinski definition) is 1. The summed E-state index contributed by atoms with van der Waals surface area (Å²) >= 11 is 0. The van der Waals surface area contributed by atoms with Crippen LogP contribution in [0.25, 0.3) is 0 Å². The van der Waals surface area contributed by atoms with Gasteiger partial charge in [0, 0.05) is 0 Å². The summed E-state index contributed by atoms with van der Waals surface area (Å²) in [5.41, 5.74) is 3.22. The minimum atomic E-state index is -1.55. The molecule has 1 saturated carbocycles. The third-order valence-electron chi connectivity index (χ3n) is 3.41. The van der Waals surface area contributed by atoms with Crippen molar-refractivity contribution in [3.8, 4) is 0 Å². The molecule has 0 radical (unpaired) electrons. The molecule has 0 unspecified atom stereocenters. The molecular formula is C13H24OSi. The first kappa shape index (κ1) is 12.8. The molecule has 0 spiro atoms. The van der Waals surface area contributed by atoms with E-state index in [2.05, 4.69) is 45.7 Å². The summed E-state index contributed by atoms with van der Waals surface area (Å²) < 4.78 is 6.00. The van der Waals surface area contributed by atoms with E-state index in [9.17, 15) is 0 Å². The zero-order chi connectivity index (χ0) is 11.5. The topological polar surface area (TPSA) is 9.23 Å². The van der Waals surface area contributed by atoms with Crippen LogP contribution in [0.15, 0.2) is 17.9 Å². The largest absolute Gasteiger partial charge is 0.413 e. The average molecular weight is 224 g/mol. The van der Waals surface area contributed by atoms with Crippen molar-refractivity contribution in [2.24, 2.45) is 5.92 Å². The van der Waals surface area contributed by atoms with Gasteiger partial charge in [0.25, 0.3) is 0 Å². The Morgan fingerprint density at radius 3 is 2.40 bits per heavy atom. The van der Waals surface area contributed by atoms with Gasteiger partial charge in [-0.2, -0.15) is 0 Å². The van der Waals surface area contributed by atoms with Crippen molar-refractivity contribution in [1.82, 2.24) is 0 Å². The summed E-state index contributed by atoms with van der Waals surface area (Å²) in [6.07, 6.45) is 6.90. The molecular weight excluding hydrogens is 200 g/mol. The Hall–Kier alpha value is -0.303. The fourth-order valence-corrected chi connectivity index (χ4v) is 1.91. The van der Waals surface area contributed by atoms with Crippen LogP contribution in [0.4, 0.5) is 0 Å². The van der Waals surface area contributed by atoms with Gasteiger partial charge in [-0.1, -0.05) is 20.8 Å². The average Bonchev–Trinajstić information content (AvgIpc) is 2.85. The molecule has 0 N–H and O–H groups in total. The number of hydrogen-bond donors (Lipinski definition) is 0. The molecule has 86 valence electrons. The molecule has 0 bridgehead atoms. The standard InChI is InChI=1S/C13H24OSi/c1-13(2,3)15(4,5)14-11-7-6-8-12-9-10-12/h7-8,12H,9-11H2,1-5H3. The monoisotopic (exact) mass is 224 g/mol. The molecule has 2 heteroatoms. The molecule has 15 heavy (non-hydrogen) atoms. The molecule has 1 nitrogen and oxygen atoms in total. The van der Waals surface area contributed by atoms with Crippen molar-refractivity contribution in [3.63, 3.8) is 0 Å². The number of rotatable bonds is 4. The van der Waals surface area contributed by atoms with E-state index in [0.29, 0.717) is 5.04 Å². The van der Waals surface area contributed by atoms with Gasteiger partial charge in [-0.05, 0) is 49.0 Å². The van der Waals surface area contributed by atoms with Gasteiger partial charge in [0.05, 0.1) is 6.61 Å². The predicted molar refractivity (Wildman–Crippen MR) is 68.5 cm³/mol. The molecule has 1 aliphatic rings. The minimum Gasteiger partial charge on any atom is -0.413 e. The molecule has 0 aromatic rings. The van der Waals surface area contributed by atoms with Crippen molar-refractivity contribution in [2.45, 2.75) is 51.7 Å². The van der Waals surface area contributed by atoms with Crippen LogP contribution in [0.3, 0.4) is 0 Å². The second-order valence-electron chi connectivity index (χ2n) is 5.95. The maximum absolute atomic E-state index is 6.00. The Labute approximate surface area is 95.4 Å². The van der Waals surface area contributed by atoms with Gasteiger partial charge in [-0.3, -0.25) is 0 Å². The van der Waals surface area contributed by atoms with Crippen molar-refractivity contribution in [3.05, 3.63) is 17.9 Å². The maximum atomic E-state index is 6.00. The van der Waals surface area contributed by atoms with Gasteiger partial charge >= 0.3 is 0 Å². The summed E-state index contributed by atoms with van der Waals surface area (Å²) in [4.78, 5) is 0. The molecule has 0 atom stereocenters. The summed E-state index contributed by atoms with van der Waals surface area (Å²) in [6, 6.07) is 0. The second-order valence-corrected chi connectivity index (χ2v) is 10.8. The summed E-state index contributed by atoms with van der Waals surface area (Å²) in [7, 11) is -1.55. The molecule has 1 aliphatic carbocycles. The smallest absolute Gasteiger partial charge is 0.192 e.